The first-order valence-electron chi connectivity index (χ1n) is 9.58. The lowest BCUT2D eigenvalue weighted by molar-refractivity contribution is -0.0940. The van der Waals surface area contributed by atoms with Gasteiger partial charge in [-0.2, -0.15) is 4.80 Å². The van der Waals surface area contributed by atoms with E-state index in [2.05, 4.69) is 62.4 Å². The first-order valence-corrected chi connectivity index (χ1v) is 9.58. The van der Waals surface area contributed by atoms with Crippen molar-refractivity contribution in [2.24, 2.45) is 7.05 Å². The molecule has 0 spiro atoms. The quantitative estimate of drug-likeness (QED) is 0.683. The van der Waals surface area contributed by atoms with Crippen molar-refractivity contribution in [3.8, 4) is 0 Å². The van der Waals surface area contributed by atoms with Crippen LogP contribution in [0.2, 0.25) is 0 Å². The second kappa shape index (κ2) is 8.18. The summed E-state index contributed by atoms with van der Waals surface area (Å²) in [6.07, 6.45) is 0.842. The SMILES string of the molecule is CO[C@]1(c2ccccc2)NCC(c2nnn(C)n2)C[C@H]1NCc1ccccc1. The van der Waals surface area contributed by atoms with Crippen LogP contribution in [0.1, 0.15) is 29.3 Å². The van der Waals surface area contributed by atoms with Crippen molar-refractivity contribution in [3.63, 3.8) is 0 Å². The van der Waals surface area contributed by atoms with Gasteiger partial charge in [0.05, 0.1) is 13.1 Å². The molecule has 0 amide bonds. The third kappa shape index (κ3) is 3.69. The van der Waals surface area contributed by atoms with Gasteiger partial charge in [-0.1, -0.05) is 60.7 Å². The van der Waals surface area contributed by atoms with Crippen molar-refractivity contribution in [2.45, 2.75) is 30.7 Å². The number of rotatable bonds is 6. The fraction of sp³-hybridized carbons (Fsp3) is 0.381. The molecule has 2 heterocycles. The molecular formula is C21H26N6O. The standard InChI is InChI=1S/C21H26N6O/c1-27-25-20(24-26-27)17-13-19(22-14-16-9-5-3-6-10-16)21(28-2,23-15-17)18-11-7-4-8-12-18/h3-12,17,19,22-23H,13-15H2,1-2H3/t17?,19-,21+/m1/s1. The molecule has 0 radical (unpaired) electrons. The van der Waals surface area contributed by atoms with Gasteiger partial charge in [-0.25, -0.2) is 0 Å². The van der Waals surface area contributed by atoms with Crippen LogP contribution >= 0.6 is 0 Å². The number of nitrogens with one attached hydrogen (secondary N) is 2. The number of aromatic nitrogens is 4. The molecule has 1 aliphatic rings. The Morgan fingerprint density at radius 1 is 1.14 bits per heavy atom. The summed E-state index contributed by atoms with van der Waals surface area (Å²) in [4.78, 5) is 1.51. The third-order valence-electron chi connectivity index (χ3n) is 5.43. The minimum Gasteiger partial charge on any atom is -0.358 e. The van der Waals surface area contributed by atoms with Crippen LogP contribution in [0.25, 0.3) is 0 Å². The number of nitrogens with zero attached hydrogens (tertiary/aromatic N) is 4. The normalized spacial score (nSPS) is 24.9. The van der Waals surface area contributed by atoms with Gasteiger partial charge in [0.2, 0.25) is 0 Å². The summed E-state index contributed by atoms with van der Waals surface area (Å²) in [6, 6.07) is 20.8. The van der Waals surface area contributed by atoms with Crippen LogP contribution in [0.4, 0.5) is 0 Å². The van der Waals surface area contributed by atoms with E-state index < -0.39 is 5.72 Å². The van der Waals surface area contributed by atoms with Gasteiger partial charge >= 0.3 is 0 Å². The van der Waals surface area contributed by atoms with E-state index in [9.17, 15) is 0 Å². The van der Waals surface area contributed by atoms with Crippen LogP contribution < -0.4 is 10.6 Å². The molecule has 0 saturated carbocycles. The zero-order valence-electron chi connectivity index (χ0n) is 16.2. The summed E-state index contributed by atoms with van der Waals surface area (Å²) in [7, 11) is 3.55. The molecule has 146 valence electrons. The molecule has 7 heteroatoms. The Morgan fingerprint density at radius 3 is 2.50 bits per heavy atom. The lowest BCUT2D eigenvalue weighted by Gasteiger charge is -2.46. The first kappa shape index (κ1) is 18.7. The maximum atomic E-state index is 6.12. The van der Waals surface area contributed by atoms with Crippen LogP contribution in [-0.4, -0.2) is 39.9 Å². The number of piperidine rings is 1. The van der Waals surface area contributed by atoms with Crippen LogP contribution in [0.5, 0.6) is 0 Å². The Balaban J connectivity index is 1.62. The highest BCUT2D eigenvalue weighted by atomic mass is 16.5. The molecule has 1 saturated heterocycles. The predicted octanol–water partition coefficient (Wildman–Crippen LogP) is 1.94. The van der Waals surface area contributed by atoms with E-state index in [1.807, 2.05) is 24.3 Å². The van der Waals surface area contributed by atoms with E-state index in [0.717, 1.165) is 30.9 Å². The highest BCUT2D eigenvalue weighted by Crippen LogP contribution is 2.36. The Hall–Kier alpha value is -2.61. The molecule has 1 unspecified atom stereocenters. The molecule has 3 aromatic rings. The van der Waals surface area contributed by atoms with Gasteiger partial charge in [0.1, 0.15) is 0 Å². The average Bonchev–Trinajstić information content (AvgIpc) is 3.19. The largest absolute Gasteiger partial charge is 0.358 e. The average molecular weight is 378 g/mol. The van der Waals surface area contributed by atoms with E-state index in [4.69, 9.17) is 4.74 Å². The number of tetrazole rings is 1. The van der Waals surface area contributed by atoms with Gasteiger partial charge in [0.25, 0.3) is 0 Å². The van der Waals surface area contributed by atoms with E-state index >= 15 is 0 Å². The smallest absolute Gasteiger partial charge is 0.179 e. The molecule has 1 aromatic heterocycles. The monoisotopic (exact) mass is 378 g/mol. The van der Waals surface area contributed by atoms with E-state index in [0.29, 0.717) is 0 Å². The van der Waals surface area contributed by atoms with E-state index in [-0.39, 0.29) is 12.0 Å². The Kier molecular flexibility index (Phi) is 5.47. The molecule has 0 bridgehead atoms. The maximum Gasteiger partial charge on any atom is 0.179 e. The number of ether oxygens (including phenoxy) is 1. The topological polar surface area (TPSA) is 76.9 Å². The molecule has 4 rings (SSSR count). The van der Waals surface area contributed by atoms with Crippen molar-refractivity contribution in [1.82, 2.24) is 30.8 Å². The van der Waals surface area contributed by atoms with Crippen LogP contribution in [0.15, 0.2) is 60.7 Å². The van der Waals surface area contributed by atoms with Gasteiger partial charge in [-0.15, -0.1) is 10.2 Å². The lowest BCUT2D eigenvalue weighted by Crippen LogP contribution is -2.63. The number of aryl methyl sites for hydroxylation is 1. The number of hydrogen-bond acceptors (Lipinski definition) is 6. The molecule has 28 heavy (non-hydrogen) atoms. The predicted molar refractivity (Wildman–Crippen MR) is 106 cm³/mol. The van der Waals surface area contributed by atoms with Crippen molar-refractivity contribution in [2.75, 3.05) is 13.7 Å². The highest BCUT2D eigenvalue weighted by Gasteiger charge is 2.46. The van der Waals surface area contributed by atoms with Gasteiger partial charge in [-0.05, 0) is 17.2 Å². The molecule has 2 N–H and O–H groups in total. The zero-order chi connectivity index (χ0) is 19.4. The van der Waals surface area contributed by atoms with E-state index in [1.54, 1.807) is 14.2 Å². The molecule has 7 nitrogen and oxygen atoms in total. The third-order valence-corrected chi connectivity index (χ3v) is 5.43. The second-order valence-corrected chi connectivity index (χ2v) is 7.18. The highest BCUT2D eigenvalue weighted by molar-refractivity contribution is 5.26. The summed E-state index contributed by atoms with van der Waals surface area (Å²) < 4.78 is 6.12. The summed E-state index contributed by atoms with van der Waals surface area (Å²) in [6.45, 7) is 1.48. The molecule has 3 atom stereocenters. The Morgan fingerprint density at radius 2 is 1.86 bits per heavy atom. The van der Waals surface area contributed by atoms with Crippen molar-refractivity contribution < 1.29 is 4.74 Å². The van der Waals surface area contributed by atoms with Crippen molar-refractivity contribution in [3.05, 3.63) is 77.6 Å². The number of benzene rings is 2. The van der Waals surface area contributed by atoms with Gasteiger partial charge < -0.3 is 10.1 Å². The number of methoxy groups -OCH3 is 1. The Bertz CT molecular complexity index is 884. The number of hydrogen-bond donors (Lipinski definition) is 2. The fourth-order valence-electron chi connectivity index (χ4n) is 3.98. The van der Waals surface area contributed by atoms with Gasteiger partial charge in [0.15, 0.2) is 11.5 Å². The lowest BCUT2D eigenvalue weighted by atomic mass is 9.82. The van der Waals surface area contributed by atoms with Crippen molar-refractivity contribution in [1.29, 1.82) is 0 Å². The van der Waals surface area contributed by atoms with Crippen LogP contribution in [-0.2, 0) is 24.1 Å². The summed E-state index contributed by atoms with van der Waals surface area (Å²) in [5, 5.41) is 20.0. The molecule has 0 aliphatic carbocycles. The molecule has 2 aromatic carbocycles. The van der Waals surface area contributed by atoms with Gasteiger partial charge in [0, 0.05) is 31.7 Å². The molecule has 1 fully saturated rings. The summed E-state index contributed by atoms with van der Waals surface area (Å²) >= 11 is 0. The van der Waals surface area contributed by atoms with Crippen LogP contribution in [0, 0.1) is 0 Å². The molecular weight excluding hydrogens is 352 g/mol. The maximum absolute atomic E-state index is 6.12. The summed E-state index contributed by atoms with van der Waals surface area (Å²) in [5.74, 6) is 0.924. The second-order valence-electron chi connectivity index (χ2n) is 7.18. The first-order chi connectivity index (χ1) is 13.7. The van der Waals surface area contributed by atoms with Crippen LogP contribution in [0.3, 0.4) is 0 Å². The molecule has 1 aliphatic heterocycles. The summed E-state index contributed by atoms with van der Waals surface area (Å²) in [5.41, 5.74) is 1.73. The zero-order valence-corrected chi connectivity index (χ0v) is 16.2. The Labute approximate surface area is 165 Å². The minimum atomic E-state index is -0.616. The fourth-order valence-corrected chi connectivity index (χ4v) is 3.98. The van der Waals surface area contributed by atoms with Crippen molar-refractivity contribution >= 4 is 0 Å². The van der Waals surface area contributed by atoms with Gasteiger partial charge in [-0.3, -0.25) is 5.32 Å². The van der Waals surface area contributed by atoms with E-state index in [1.165, 1.54) is 10.4 Å². The minimum absolute atomic E-state index is 0.0302.